The number of ether oxygens (including phenoxy) is 2. The largest absolute Gasteiger partial charge is 0.497 e. The van der Waals surface area contributed by atoms with E-state index in [1.807, 2.05) is 30.3 Å². The molecule has 2 aromatic carbocycles. The van der Waals surface area contributed by atoms with Crippen LogP contribution in [0.1, 0.15) is 53.4 Å². The van der Waals surface area contributed by atoms with E-state index in [0.29, 0.717) is 40.9 Å². The first-order chi connectivity index (χ1) is 28.4. The molecular weight excluding hydrogens is 793 g/mol. The second-order valence-electron chi connectivity index (χ2n) is 16.5. The number of benzene rings is 2. The van der Waals surface area contributed by atoms with Gasteiger partial charge in [0.15, 0.2) is 0 Å². The number of aromatic nitrogens is 1. The summed E-state index contributed by atoms with van der Waals surface area (Å²) in [5.74, 6) is -2.80. The summed E-state index contributed by atoms with van der Waals surface area (Å²) in [5.41, 5.74) is -0.639. The van der Waals surface area contributed by atoms with Gasteiger partial charge >= 0.3 is 6.09 Å². The lowest BCUT2D eigenvalue weighted by molar-refractivity contribution is -0.145. The quantitative estimate of drug-likeness (QED) is 0.119. The highest BCUT2D eigenvalue weighted by Crippen LogP contribution is 2.46. The van der Waals surface area contributed by atoms with Crippen LogP contribution < -0.4 is 24.8 Å². The SMILES string of the molecule is C=CC(=O)NC([C@@H](C(=O)N1C[C@H](Oc2cc(-c3ccccc3)nc3cc(OC)ccc23)C[C@H]1C(=O)N[C@]1(C(=O)NS(=O)(=O)C2CC2)C[C@H]1C=C)N(CC)C(=O)O)C(C)(C)C. The van der Waals surface area contributed by atoms with Crippen LogP contribution in [0.5, 0.6) is 11.5 Å². The third-order valence-corrected chi connectivity index (χ3v) is 13.2. The Morgan fingerprint density at radius 1 is 1.08 bits per heavy atom. The van der Waals surface area contributed by atoms with E-state index < -0.39 is 86.1 Å². The van der Waals surface area contributed by atoms with Crippen LogP contribution in [0.2, 0.25) is 0 Å². The summed E-state index contributed by atoms with van der Waals surface area (Å²) < 4.78 is 40.0. The van der Waals surface area contributed by atoms with Crippen molar-refractivity contribution in [2.45, 2.75) is 88.4 Å². The van der Waals surface area contributed by atoms with Gasteiger partial charge < -0.3 is 30.1 Å². The predicted molar refractivity (Wildman–Crippen MR) is 223 cm³/mol. The number of hydrogen-bond acceptors (Lipinski definition) is 10. The second-order valence-corrected chi connectivity index (χ2v) is 18.4. The Labute approximate surface area is 349 Å². The standard InChI is InChI=1S/C43H52N6O10S/c1-8-26-23-43(26,40(53)47-60(56,57)29-17-18-29)46-38(51)33-21-28(24-49(33)39(52)36(48(10-3)41(54)55)37(42(4,5)6)45-35(50)9-2)59-34-22-31(25-14-12-11-13-15-25)44-32-20-27(58-7)16-19-30(32)34/h8-9,11-16,19-20,22,26,28-29,33,36-37H,1-2,10,17-18,21,23-24H2,3-7H3,(H,45,50)(H,46,51)(H,47,53)(H,54,55)/t26-,28-,33+,36+,37?,43-/m1/s1. The van der Waals surface area contributed by atoms with Gasteiger partial charge in [0.05, 0.1) is 36.2 Å². The van der Waals surface area contributed by atoms with Gasteiger partial charge in [-0.15, -0.1) is 6.58 Å². The molecule has 320 valence electrons. The van der Waals surface area contributed by atoms with Crippen molar-refractivity contribution in [1.82, 2.24) is 30.1 Å². The van der Waals surface area contributed by atoms with Gasteiger partial charge in [0.25, 0.3) is 5.91 Å². The smallest absolute Gasteiger partial charge is 0.408 e. The minimum atomic E-state index is -3.98. The molecule has 0 spiro atoms. The molecule has 6 rings (SSSR count). The molecule has 5 amide bonds. The van der Waals surface area contributed by atoms with E-state index in [1.54, 1.807) is 52.0 Å². The molecule has 3 aliphatic rings. The Kier molecular flexibility index (Phi) is 12.3. The molecule has 17 heteroatoms. The summed E-state index contributed by atoms with van der Waals surface area (Å²) in [5, 5.41) is 15.9. The molecular formula is C43H52N6O10S. The molecule has 3 aromatic rings. The van der Waals surface area contributed by atoms with Crippen LogP contribution in [0.15, 0.2) is 79.9 Å². The normalized spacial score (nSPS) is 22.1. The summed E-state index contributed by atoms with van der Waals surface area (Å²) in [6.45, 7) is 13.7. The molecule has 2 heterocycles. The summed E-state index contributed by atoms with van der Waals surface area (Å²) in [7, 11) is -2.44. The first-order valence-corrected chi connectivity index (χ1v) is 21.4. The molecule has 0 bridgehead atoms. The van der Waals surface area contributed by atoms with E-state index in [1.165, 1.54) is 18.1 Å². The fraction of sp³-hybridized carbons (Fsp3) is 0.442. The molecule has 60 heavy (non-hydrogen) atoms. The highest BCUT2D eigenvalue weighted by atomic mass is 32.2. The third kappa shape index (κ3) is 8.95. The molecule has 16 nitrogen and oxygen atoms in total. The Bertz CT molecular complexity index is 2310. The number of nitrogens with zero attached hydrogens (tertiary/aromatic N) is 3. The fourth-order valence-electron chi connectivity index (χ4n) is 7.79. The average molecular weight is 845 g/mol. The number of carbonyl (C=O) groups is 5. The van der Waals surface area contributed by atoms with Crippen LogP contribution in [0.25, 0.3) is 22.2 Å². The number of fused-ring (bicyclic) bond motifs is 1. The lowest BCUT2D eigenvalue weighted by Gasteiger charge is -2.42. The number of methoxy groups -OCH3 is 1. The molecule has 2 saturated carbocycles. The van der Waals surface area contributed by atoms with Crippen molar-refractivity contribution >= 4 is 50.6 Å². The zero-order chi connectivity index (χ0) is 43.7. The van der Waals surface area contributed by atoms with Crippen LogP contribution in [0, 0.1) is 11.3 Å². The zero-order valence-electron chi connectivity index (χ0n) is 34.3. The van der Waals surface area contributed by atoms with Crippen LogP contribution in [-0.4, -0.2) is 113 Å². The van der Waals surface area contributed by atoms with E-state index in [2.05, 4.69) is 28.5 Å². The Balaban J connectivity index is 1.42. The van der Waals surface area contributed by atoms with Gasteiger partial charge in [-0.1, -0.05) is 63.8 Å². The van der Waals surface area contributed by atoms with Crippen molar-refractivity contribution in [3.63, 3.8) is 0 Å². The first-order valence-electron chi connectivity index (χ1n) is 19.8. The van der Waals surface area contributed by atoms with E-state index in [0.717, 1.165) is 16.5 Å². The number of likely N-dealkylation sites (tertiary alicyclic amines) is 1. The van der Waals surface area contributed by atoms with E-state index in [4.69, 9.17) is 14.5 Å². The van der Waals surface area contributed by atoms with E-state index in [-0.39, 0.29) is 25.9 Å². The highest BCUT2D eigenvalue weighted by Gasteiger charge is 2.62. The van der Waals surface area contributed by atoms with Crippen molar-refractivity contribution in [3.8, 4) is 22.8 Å². The number of amides is 5. The van der Waals surface area contributed by atoms with Gasteiger partial charge in [-0.2, -0.15) is 0 Å². The van der Waals surface area contributed by atoms with Crippen molar-refractivity contribution < 1.29 is 47.0 Å². The number of carbonyl (C=O) groups excluding carboxylic acids is 4. The minimum absolute atomic E-state index is 0.0640. The summed E-state index contributed by atoms with van der Waals surface area (Å²) in [6.07, 6.45) is 0.953. The number of sulfonamides is 1. The maximum Gasteiger partial charge on any atom is 0.408 e. The molecule has 0 radical (unpaired) electrons. The number of nitrogens with one attached hydrogen (secondary N) is 3. The van der Waals surface area contributed by atoms with Crippen molar-refractivity contribution in [2.24, 2.45) is 11.3 Å². The predicted octanol–water partition coefficient (Wildman–Crippen LogP) is 4.01. The number of carboxylic acid groups (broad SMARTS) is 1. The Hall–Kier alpha value is -5.97. The molecule has 2 aliphatic carbocycles. The van der Waals surface area contributed by atoms with Gasteiger partial charge in [0, 0.05) is 42.0 Å². The highest BCUT2D eigenvalue weighted by molar-refractivity contribution is 7.91. The van der Waals surface area contributed by atoms with Crippen LogP contribution >= 0.6 is 0 Å². The topological polar surface area (TPSA) is 214 Å². The van der Waals surface area contributed by atoms with E-state index >= 15 is 4.79 Å². The van der Waals surface area contributed by atoms with Crippen molar-refractivity contribution in [3.05, 3.63) is 79.9 Å². The van der Waals surface area contributed by atoms with Gasteiger partial charge in [-0.25, -0.2) is 18.2 Å². The van der Waals surface area contributed by atoms with Gasteiger partial charge in [0.1, 0.15) is 35.2 Å². The van der Waals surface area contributed by atoms with Crippen LogP contribution in [0.3, 0.4) is 0 Å². The number of pyridine rings is 1. The van der Waals surface area contributed by atoms with Crippen LogP contribution in [-0.2, 0) is 29.2 Å². The molecule has 3 fully saturated rings. The van der Waals surface area contributed by atoms with Crippen LogP contribution in [0.4, 0.5) is 4.79 Å². The second kappa shape index (κ2) is 17.0. The van der Waals surface area contributed by atoms with Gasteiger partial charge in [-0.3, -0.25) is 28.8 Å². The number of likely N-dealkylation sites (N-methyl/N-ethyl adjacent to an activating group) is 1. The lowest BCUT2D eigenvalue weighted by atomic mass is 9.80. The van der Waals surface area contributed by atoms with Crippen molar-refractivity contribution in [1.29, 1.82) is 0 Å². The summed E-state index contributed by atoms with van der Waals surface area (Å²) >= 11 is 0. The molecule has 4 N–H and O–H groups in total. The first kappa shape index (κ1) is 43.6. The molecule has 1 unspecified atom stereocenters. The molecule has 1 saturated heterocycles. The summed E-state index contributed by atoms with van der Waals surface area (Å²) in [6, 6.07) is 12.5. The molecule has 6 atom stereocenters. The van der Waals surface area contributed by atoms with Gasteiger partial charge in [-0.05, 0) is 49.8 Å². The maximum absolute atomic E-state index is 15.2. The lowest BCUT2D eigenvalue weighted by Crippen LogP contribution is -2.65. The van der Waals surface area contributed by atoms with Crippen molar-refractivity contribution in [2.75, 3.05) is 20.2 Å². The third-order valence-electron chi connectivity index (χ3n) is 11.3. The van der Waals surface area contributed by atoms with Gasteiger partial charge in [0.2, 0.25) is 27.7 Å². The Morgan fingerprint density at radius 3 is 2.35 bits per heavy atom. The Morgan fingerprint density at radius 2 is 1.78 bits per heavy atom. The zero-order valence-corrected chi connectivity index (χ0v) is 35.2. The minimum Gasteiger partial charge on any atom is -0.497 e. The summed E-state index contributed by atoms with van der Waals surface area (Å²) in [4.78, 5) is 76.1. The fourth-order valence-corrected chi connectivity index (χ4v) is 9.15. The molecule has 1 aromatic heterocycles. The monoisotopic (exact) mass is 844 g/mol. The van der Waals surface area contributed by atoms with E-state index in [9.17, 15) is 32.7 Å². The number of rotatable bonds is 16. The molecule has 1 aliphatic heterocycles. The average Bonchev–Trinajstić information content (AvgIpc) is 4.15. The number of hydrogen-bond donors (Lipinski definition) is 4. The maximum atomic E-state index is 15.2.